The standard InChI is InChI=1S/C12H16N2O4/c1-2-18-12(15)11(9-14(16)17)13-8-10-6-4-3-5-7-10/h3-7,11,13H,2,8-9H2,1H3. The molecule has 0 amide bonds. The second-order valence-electron chi connectivity index (χ2n) is 3.69. The summed E-state index contributed by atoms with van der Waals surface area (Å²) in [5, 5.41) is 13.3. The van der Waals surface area contributed by atoms with Gasteiger partial charge in [0, 0.05) is 11.5 Å². The molecule has 1 atom stereocenters. The van der Waals surface area contributed by atoms with Gasteiger partial charge in [-0.15, -0.1) is 0 Å². The number of hydrogen-bond donors (Lipinski definition) is 1. The molecule has 0 heterocycles. The third-order valence-corrected chi connectivity index (χ3v) is 2.30. The molecule has 0 radical (unpaired) electrons. The Balaban J connectivity index is 2.55. The van der Waals surface area contributed by atoms with Gasteiger partial charge in [-0.3, -0.25) is 20.2 Å². The van der Waals surface area contributed by atoms with Crippen molar-refractivity contribution in [3.05, 3.63) is 46.0 Å². The van der Waals surface area contributed by atoms with Gasteiger partial charge in [0.25, 0.3) is 0 Å². The zero-order valence-electron chi connectivity index (χ0n) is 10.2. The van der Waals surface area contributed by atoms with Crippen LogP contribution < -0.4 is 5.32 Å². The number of nitro groups is 1. The van der Waals surface area contributed by atoms with Crippen molar-refractivity contribution in [3.8, 4) is 0 Å². The summed E-state index contributed by atoms with van der Waals surface area (Å²) in [4.78, 5) is 21.5. The monoisotopic (exact) mass is 252 g/mol. The fraction of sp³-hybridized carbons (Fsp3) is 0.417. The van der Waals surface area contributed by atoms with Crippen LogP contribution in [-0.2, 0) is 16.1 Å². The van der Waals surface area contributed by atoms with Gasteiger partial charge in [0.05, 0.1) is 6.61 Å². The van der Waals surface area contributed by atoms with Gasteiger partial charge in [-0.05, 0) is 12.5 Å². The summed E-state index contributed by atoms with van der Waals surface area (Å²) >= 11 is 0. The van der Waals surface area contributed by atoms with Gasteiger partial charge in [-0.2, -0.15) is 0 Å². The van der Waals surface area contributed by atoms with Crippen LogP contribution in [0.3, 0.4) is 0 Å². The average molecular weight is 252 g/mol. The topological polar surface area (TPSA) is 81.5 Å². The first-order valence-electron chi connectivity index (χ1n) is 5.69. The van der Waals surface area contributed by atoms with Crippen molar-refractivity contribution in [1.82, 2.24) is 5.32 Å². The molecule has 18 heavy (non-hydrogen) atoms. The van der Waals surface area contributed by atoms with E-state index >= 15 is 0 Å². The van der Waals surface area contributed by atoms with Crippen molar-refractivity contribution in [3.63, 3.8) is 0 Å². The molecule has 1 aromatic carbocycles. The van der Waals surface area contributed by atoms with Gasteiger partial charge in [0.15, 0.2) is 6.04 Å². The first kappa shape index (κ1) is 14.1. The summed E-state index contributed by atoms with van der Waals surface area (Å²) in [6.07, 6.45) is 0. The number of nitrogens with one attached hydrogen (secondary N) is 1. The van der Waals surface area contributed by atoms with Crippen molar-refractivity contribution in [2.24, 2.45) is 0 Å². The quantitative estimate of drug-likeness (QED) is 0.444. The Labute approximate surface area is 105 Å². The zero-order chi connectivity index (χ0) is 13.4. The van der Waals surface area contributed by atoms with Crippen molar-refractivity contribution in [2.45, 2.75) is 19.5 Å². The Kier molecular flexibility index (Phi) is 5.79. The van der Waals surface area contributed by atoms with Crippen LogP contribution in [0.15, 0.2) is 30.3 Å². The SMILES string of the molecule is CCOC(=O)C(C[N+](=O)[O-])NCc1ccccc1. The molecule has 0 aromatic heterocycles. The lowest BCUT2D eigenvalue weighted by Crippen LogP contribution is -2.42. The summed E-state index contributed by atoms with van der Waals surface area (Å²) in [6.45, 7) is 1.78. The Morgan fingerprint density at radius 1 is 1.44 bits per heavy atom. The molecule has 0 aliphatic carbocycles. The molecule has 1 aromatic rings. The summed E-state index contributed by atoms with van der Waals surface area (Å²) in [7, 11) is 0. The molecular weight excluding hydrogens is 236 g/mol. The van der Waals surface area contributed by atoms with Crippen molar-refractivity contribution >= 4 is 5.97 Å². The number of ether oxygens (including phenoxy) is 1. The summed E-state index contributed by atoms with van der Waals surface area (Å²) in [6, 6.07) is 8.44. The van der Waals surface area contributed by atoms with Crippen molar-refractivity contribution in [1.29, 1.82) is 0 Å². The Hall–Kier alpha value is -1.95. The Morgan fingerprint density at radius 2 is 2.11 bits per heavy atom. The minimum absolute atomic E-state index is 0.208. The first-order valence-corrected chi connectivity index (χ1v) is 5.69. The number of benzene rings is 1. The van der Waals surface area contributed by atoms with E-state index in [-0.39, 0.29) is 6.61 Å². The molecule has 0 bridgehead atoms. The van der Waals surface area contributed by atoms with Gasteiger partial charge >= 0.3 is 5.97 Å². The van der Waals surface area contributed by atoms with E-state index in [1.54, 1.807) is 6.92 Å². The Bertz CT molecular complexity index is 394. The fourth-order valence-corrected chi connectivity index (χ4v) is 1.45. The maximum absolute atomic E-state index is 11.5. The average Bonchev–Trinajstić information content (AvgIpc) is 2.35. The predicted octanol–water partition coefficient (Wildman–Crippen LogP) is 0.985. The van der Waals surface area contributed by atoms with Crippen LogP contribution in [0.25, 0.3) is 0 Å². The van der Waals surface area contributed by atoms with Gasteiger partial charge < -0.3 is 4.74 Å². The molecule has 0 aliphatic rings. The third kappa shape index (κ3) is 4.92. The summed E-state index contributed by atoms with van der Waals surface area (Å²) in [5.74, 6) is -0.592. The van der Waals surface area contributed by atoms with Crippen molar-refractivity contribution < 1.29 is 14.5 Å². The van der Waals surface area contributed by atoms with Gasteiger partial charge in [0.2, 0.25) is 6.54 Å². The zero-order valence-corrected chi connectivity index (χ0v) is 10.2. The van der Waals surface area contributed by atoms with E-state index < -0.39 is 23.5 Å². The third-order valence-electron chi connectivity index (χ3n) is 2.30. The molecule has 0 spiro atoms. The van der Waals surface area contributed by atoms with Crippen LogP contribution in [-0.4, -0.2) is 30.1 Å². The molecule has 6 nitrogen and oxygen atoms in total. The highest BCUT2D eigenvalue weighted by molar-refractivity contribution is 5.75. The molecule has 0 saturated heterocycles. The van der Waals surface area contributed by atoms with Crippen LogP contribution >= 0.6 is 0 Å². The van der Waals surface area contributed by atoms with Crippen LogP contribution in [0.4, 0.5) is 0 Å². The van der Waals surface area contributed by atoms with Crippen molar-refractivity contribution in [2.75, 3.05) is 13.2 Å². The van der Waals surface area contributed by atoms with Crippen LogP contribution in [0.1, 0.15) is 12.5 Å². The second kappa shape index (κ2) is 7.39. The molecule has 0 aliphatic heterocycles. The van der Waals surface area contributed by atoms with Crippen LogP contribution in [0.5, 0.6) is 0 Å². The lowest BCUT2D eigenvalue weighted by Gasteiger charge is -2.13. The number of esters is 1. The van der Waals surface area contributed by atoms with E-state index in [2.05, 4.69) is 5.32 Å². The van der Waals surface area contributed by atoms with E-state index in [4.69, 9.17) is 4.74 Å². The lowest BCUT2D eigenvalue weighted by atomic mass is 10.2. The van der Waals surface area contributed by atoms with Gasteiger partial charge in [0.1, 0.15) is 0 Å². The van der Waals surface area contributed by atoms with Gasteiger partial charge in [-0.25, -0.2) is 0 Å². The van der Waals surface area contributed by atoms with Gasteiger partial charge in [-0.1, -0.05) is 30.3 Å². The number of carbonyl (C=O) groups excluding carboxylic acids is 1. The summed E-state index contributed by atoms with van der Waals surface area (Å²) in [5.41, 5.74) is 0.954. The first-order chi connectivity index (χ1) is 8.63. The molecule has 0 saturated carbocycles. The molecule has 6 heteroatoms. The fourth-order valence-electron chi connectivity index (χ4n) is 1.45. The molecule has 98 valence electrons. The van der Waals surface area contributed by atoms with E-state index in [1.165, 1.54) is 0 Å². The summed E-state index contributed by atoms with van der Waals surface area (Å²) < 4.78 is 4.79. The number of rotatable bonds is 7. The maximum Gasteiger partial charge on any atom is 0.330 e. The highest BCUT2D eigenvalue weighted by Gasteiger charge is 2.24. The molecule has 1 unspecified atom stereocenters. The molecule has 0 fully saturated rings. The molecular formula is C12H16N2O4. The number of nitrogens with zero attached hydrogens (tertiary/aromatic N) is 1. The van der Waals surface area contributed by atoms with Crippen LogP contribution in [0, 0.1) is 10.1 Å². The minimum Gasteiger partial charge on any atom is -0.465 e. The largest absolute Gasteiger partial charge is 0.465 e. The molecule has 1 N–H and O–H groups in total. The second-order valence-corrected chi connectivity index (χ2v) is 3.69. The lowest BCUT2D eigenvalue weighted by molar-refractivity contribution is -0.482. The Morgan fingerprint density at radius 3 is 2.67 bits per heavy atom. The predicted molar refractivity (Wildman–Crippen MR) is 65.6 cm³/mol. The normalized spacial score (nSPS) is 11.8. The highest BCUT2D eigenvalue weighted by atomic mass is 16.6. The highest BCUT2D eigenvalue weighted by Crippen LogP contribution is 1.99. The van der Waals surface area contributed by atoms with E-state index in [0.717, 1.165) is 5.56 Å². The molecule has 1 rings (SSSR count). The maximum atomic E-state index is 11.5. The van der Waals surface area contributed by atoms with E-state index in [9.17, 15) is 14.9 Å². The van der Waals surface area contributed by atoms with E-state index in [0.29, 0.717) is 6.54 Å². The number of hydrogen-bond acceptors (Lipinski definition) is 5. The number of carbonyl (C=O) groups is 1. The minimum atomic E-state index is -0.917. The van der Waals surface area contributed by atoms with E-state index in [1.807, 2.05) is 30.3 Å². The smallest absolute Gasteiger partial charge is 0.330 e. The van der Waals surface area contributed by atoms with Crippen LogP contribution in [0.2, 0.25) is 0 Å².